The third-order valence-electron chi connectivity index (χ3n) is 1.42. The van der Waals surface area contributed by atoms with Crippen molar-refractivity contribution in [2.45, 2.75) is 0 Å². The number of aromatic hydroxyl groups is 2. The summed E-state index contributed by atoms with van der Waals surface area (Å²) in [4.78, 5) is 10.6. The van der Waals surface area contributed by atoms with Crippen molar-refractivity contribution in [3.63, 3.8) is 0 Å². The molecule has 0 spiro atoms. The lowest BCUT2D eigenvalue weighted by Crippen LogP contribution is -2.42. The molecule has 0 aliphatic rings. The van der Waals surface area contributed by atoms with Crippen molar-refractivity contribution in [2.75, 3.05) is 5.43 Å². The van der Waals surface area contributed by atoms with Crippen LogP contribution in [0.2, 0.25) is 0 Å². The third-order valence-corrected chi connectivity index (χ3v) is 1.42. The molecular formula is C7H10N4O3. The van der Waals surface area contributed by atoms with Gasteiger partial charge in [-0.25, -0.2) is 10.6 Å². The van der Waals surface area contributed by atoms with Crippen molar-refractivity contribution in [1.29, 1.82) is 0 Å². The van der Waals surface area contributed by atoms with E-state index in [1.54, 1.807) is 0 Å². The molecule has 0 bridgehead atoms. The predicted molar refractivity (Wildman–Crippen MR) is 49.2 cm³/mol. The van der Waals surface area contributed by atoms with E-state index in [2.05, 4.69) is 10.9 Å². The second kappa shape index (κ2) is 4.19. The van der Waals surface area contributed by atoms with Gasteiger partial charge >= 0.3 is 6.03 Å². The van der Waals surface area contributed by atoms with Gasteiger partial charge in [0.05, 0.1) is 5.69 Å². The van der Waals surface area contributed by atoms with E-state index in [-0.39, 0.29) is 17.2 Å². The van der Waals surface area contributed by atoms with E-state index in [1.807, 2.05) is 5.43 Å². The van der Waals surface area contributed by atoms with Crippen molar-refractivity contribution < 1.29 is 15.0 Å². The first-order chi connectivity index (χ1) is 6.63. The summed E-state index contributed by atoms with van der Waals surface area (Å²) < 4.78 is 0. The Bertz CT molecular complexity index is 342. The zero-order valence-electron chi connectivity index (χ0n) is 7.11. The maximum atomic E-state index is 10.6. The molecule has 0 atom stereocenters. The van der Waals surface area contributed by atoms with Crippen LogP contribution in [0.3, 0.4) is 0 Å². The Kier molecular flexibility index (Phi) is 2.97. The fraction of sp³-hybridized carbons (Fsp3) is 0. The molecule has 0 fully saturated rings. The van der Waals surface area contributed by atoms with Crippen LogP contribution in [0.4, 0.5) is 10.5 Å². The number of anilines is 1. The lowest BCUT2D eigenvalue weighted by atomic mass is 10.3. The van der Waals surface area contributed by atoms with Crippen molar-refractivity contribution in [2.24, 2.45) is 5.84 Å². The molecule has 0 saturated carbocycles. The van der Waals surface area contributed by atoms with E-state index in [1.165, 1.54) is 18.2 Å². The Morgan fingerprint density at radius 2 is 2.07 bits per heavy atom. The minimum atomic E-state index is -0.673. The molecule has 1 aromatic carbocycles. The third kappa shape index (κ3) is 2.42. The Morgan fingerprint density at radius 3 is 2.71 bits per heavy atom. The van der Waals surface area contributed by atoms with E-state index in [9.17, 15) is 9.90 Å². The molecule has 76 valence electrons. The SMILES string of the molecule is NNC(=O)NNc1cc(O)ccc1O. The standard InChI is InChI=1S/C7H10N4O3/c8-9-7(14)11-10-5-3-4(12)1-2-6(5)13/h1-3,10,12-13H,8H2,(H2,9,11,14). The Labute approximate surface area is 79.5 Å². The molecule has 0 aromatic heterocycles. The summed E-state index contributed by atoms with van der Waals surface area (Å²) in [6.07, 6.45) is 0. The average molecular weight is 198 g/mol. The highest BCUT2D eigenvalue weighted by atomic mass is 16.3. The van der Waals surface area contributed by atoms with Gasteiger partial charge in [0.2, 0.25) is 0 Å². The smallest absolute Gasteiger partial charge is 0.347 e. The van der Waals surface area contributed by atoms with Gasteiger partial charge in [0.1, 0.15) is 11.5 Å². The fourth-order valence-corrected chi connectivity index (χ4v) is 0.784. The van der Waals surface area contributed by atoms with Gasteiger partial charge in [0.15, 0.2) is 0 Å². The second-order valence-electron chi connectivity index (χ2n) is 2.42. The minimum absolute atomic E-state index is 0.0414. The van der Waals surface area contributed by atoms with E-state index in [0.717, 1.165) is 0 Å². The molecular weight excluding hydrogens is 188 g/mol. The van der Waals surface area contributed by atoms with Crippen LogP contribution in [0.15, 0.2) is 18.2 Å². The maximum Gasteiger partial charge on any atom is 0.347 e. The predicted octanol–water partition coefficient (Wildman–Crippen LogP) is -0.402. The van der Waals surface area contributed by atoms with Crippen LogP contribution < -0.4 is 22.1 Å². The van der Waals surface area contributed by atoms with Crippen molar-refractivity contribution in [3.05, 3.63) is 18.2 Å². The number of phenols is 2. The van der Waals surface area contributed by atoms with Gasteiger partial charge in [-0.1, -0.05) is 0 Å². The summed E-state index contributed by atoms with van der Waals surface area (Å²) >= 11 is 0. The lowest BCUT2D eigenvalue weighted by molar-refractivity contribution is 0.243. The number of hydrogen-bond donors (Lipinski definition) is 6. The molecule has 0 heterocycles. The Hall–Kier alpha value is -2.15. The van der Waals surface area contributed by atoms with E-state index >= 15 is 0 Å². The average Bonchev–Trinajstić information content (AvgIpc) is 2.19. The van der Waals surface area contributed by atoms with Gasteiger partial charge in [-0.15, -0.1) is 0 Å². The first kappa shape index (κ1) is 9.93. The Morgan fingerprint density at radius 1 is 1.36 bits per heavy atom. The van der Waals surface area contributed by atoms with E-state index in [4.69, 9.17) is 10.9 Å². The molecule has 2 amide bonds. The first-order valence-electron chi connectivity index (χ1n) is 3.68. The van der Waals surface area contributed by atoms with Gasteiger partial charge in [-0.05, 0) is 12.1 Å². The molecule has 7 nitrogen and oxygen atoms in total. The van der Waals surface area contributed by atoms with Crippen LogP contribution in [-0.4, -0.2) is 16.2 Å². The van der Waals surface area contributed by atoms with Crippen molar-refractivity contribution >= 4 is 11.7 Å². The van der Waals surface area contributed by atoms with Crippen LogP contribution in [0.1, 0.15) is 0 Å². The molecule has 0 aliphatic carbocycles. The highest BCUT2D eigenvalue weighted by Crippen LogP contribution is 2.26. The summed E-state index contributed by atoms with van der Waals surface area (Å²) in [5.74, 6) is 4.64. The van der Waals surface area contributed by atoms with E-state index < -0.39 is 6.03 Å². The quantitative estimate of drug-likeness (QED) is 0.127. The van der Waals surface area contributed by atoms with Gasteiger partial charge in [-0.3, -0.25) is 16.3 Å². The zero-order chi connectivity index (χ0) is 10.6. The summed E-state index contributed by atoms with van der Waals surface area (Å²) in [5, 5.41) is 18.3. The number of carbonyl (C=O) groups is 1. The van der Waals surface area contributed by atoms with Gasteiger partial charge in [-0.2, -0.15) is 0 Å². The monoisotopic (exact) mass is 198 g/mol. The first-order valence-corrected chi connectivity index (χ1v) is 3.68. The maximum absolute atomic E-state index is 10.6. The molecule has 7 heteroatoms. The van der Waals surface area contributed by atoms with Crippen LogP contribution in [0, 0.1) is 0 Å². The van der Waals surface area contributed by atoms with Gasteiger partial charge in [0.25, 0.3) is 0 Å². The molecule has 7 N–H and O–H groups in total. The van der Waals surface area contributed by atoms with Crippen LogP contribution in [0.25, 0.3) is 0 Å². The van der Waals surface area contributed by atoms with Gasteiger partial charge in [0, 0.05) is 6.07 Å². The van der Waals surface area contributed by atoms with Crippen LogP contribution in [-0.2, 0) is 0 Å². The van der Waals surface area contributed by atoms with Gasteiger partial charge < -0.3 is 10.2 Å². The van der Waals surface area contributed by atoms with Crippen LogP contribution >= 0.6 is 0 Å². The number of nitrogens with one attached hydrogen (secondary N) is 3. The molecule has 1 aromatic rings. The molecule has 0 saturated heterocycles. The van der Waals surface area contributed by atoms with Crippen molar-refractivity contribution in [3.8, 4) is 11.5 Å². The molecule has 0 radical (unpaired) electrons. The highest BCUT2D eigenvalue weighted by molar-refractivity contribution is 5.75. The number of hydrazine groups is 2. The number of amides is 2. The number of phenolic OH excluding ortho intramolecular Hbond substituents is 2. The van der Waals surface area contributed by atoms with Crippen LogP contribution in [0.5, 0.6) is 11.5 Å². The lowest BCUT2D eigenvalue weighted by Gasteiger charge is -2.09. The molecule has 1 rings (SSSR count). The van der Waals surface area contributed by atoms with E-state index in [0.29, 0.717) is 0 Å². The highest BCUT2D eigenvalue weighted by Gasteiger charge is 2.02. The number of rotatable bonds is 2. The zero-order valence-corrected chi connectivity index (χ0v) is 7.11. The molecule has 0 unspecified atom stereocenters. The van der Waals surface area contributed by atoms with Crippen molar-refractivity contribution in [1.82, 2.24) is 10.9 Å². The number of benzene rings is 1. The number of urea groups is 1. The fourth-order valence-electron chi connectivity index (χ4n) is 0.784. The topological polar surface area (TPSA) is 120 Å². The largest absolute Gasteiger partial charge is 0.508 e. The summed E-state index contributed by atoms with van der Waals surface area (Å²) in [6.45, 7) is 0. The molecule has 0 aliphatic heterocycles. The number of nitrogens with two attached hydrogens (primary N) is 1. The number of carbonyl (C=O) groups excluding carboxylic acids is 1. The second-order valence-corrected chi connectivity index (χ2v) is 2.42. The summed E-state index contributed by atoms with van der Waals surface area (Å²) in [6, 6.07) is 3.16. The number of hydrogen-bond acceptors (Lipinski definition) is 5. The Balaban J connectivity index is 2.66. The molecule has 14 heavy (non-hydrogen) atoms. The summed E-state index contributed by atoms with van der Waals surface area (Å²) in [5.41, 5.74) is 6.45. The normalized spacial score (nSPS) is 9.21. The summed E-state index contributed by atoms with van der Waals surface area (Å²) in [7, 11) is 0. The minimum Gasteiger partial charge on any atom is -0.508 e.